The number of hydrogen-bond donors (Lipinski definition) is 0. The number of aromatic nitrogens is 3. The van der Waals surface area contributed by atoms with Crippen LogP contribution < -0.4 is 0 Å². The first-order chi connectivity index (χ1) is 9.67. The van der Waals surface area contributed by atoms with E-state index in [9.17, 15) is 4.79 Å². The van der Waals surface area contributed by atoms with Gasteiger partial charge in [0.25, 0.3) is 0 Å². The quantitative estimate of drug-likeness (QED) is 0.692. The molecule has 0 saturated carbocycles. The Balaban J connectivity index is 1.86. The van der Waals surface area contributed by atoms with Crippen molar-refractivity contribution in [2.45, 2.75) is 19.8 Å². The second-order valence-corrected chi connectivity index (χ2v) is 5.68. The van der Waals surface area contributed by atoms with Gasteiger partial charge in [-0.15, -0.1) is 11.3 Å². The number of Topliss-reactive ketones (excluding diaryl/α,β-unsaturated/α-hetero) is 1. The molecule has 4 nitrogen and oxygen atoms in total. The zero-order valence-corrected chi connectivity index (χ0v) is 12.3. The van der Waals surface area contributed by atoms with Crippen LogP contribution in [0, 0.1) is 0 Å². The third-order valence-corrected chi connectivity index (χ3v) is 4.21. The highest BCUT2D eigenvalue weighted by molar-refractivity contribution is 7.17. The normalized spacial score (nSPS) is 11.1. The van der Waals surface area contributed by atoms with Crippen LogP contribution in [0.1, 0.15) is 28.7 Å². The fourth-order valence-corrected chi connectivity index (χ4v) is 2.96. The average Bonchev–Trinajstić information content (AvgIpc) is 3.04. The van der Waals surface area contributed by atoms with Crippen LogP contribution >= 0.6 is 11.3 Å². The Bertz CT molecular complexity index is 772. The van der Waals surface area contributed by atoms with E-state index in [2.05, 4.69) is 17.0 Å². The van der Waals surface area contributed by atoms with Crippen molar-refractivity contribution in [1.29, 1.82) is 0 Å². The third-order valence-electron chi connectivity index (χ3n) is 3.36. The van der Waals surface area contributed by atoms with Crippen LogP contribution in [0.2, 0.25) is 0 Å². The van der Waals surface area contributed by atoms with Crippen LogP contribution in [-0.4, -0.2) is 20.5 Å². The predicted molar refractivity (Wildman–Crippen MR) is 80.2 cm³/mol. The molecule has 0 aliphatic heterocycles. The van der Waals surface area contributed by atoms with Gasteiger partial charge >= 0.3 is 0 Å². The van der Waals surface area contributed by atoms with Gasteiger partial charge in [0.05, 0.1) is 22.3 Å². The lowest BCUT2D eigenvalue weighted by Gasteiger charge is -2.02. The molecule has 0 unspecified atom stereocenters. The molecule has 3 rings (SSSR count). The summed E-state index contributed by atoms with van der Waals surface area (Å²) in [7, 11) is 1.88. The Kier molecular flexibility index (Phi) is 3.36. The van der Waals surface area contributed by atoms with Crippen molar-refractivity contribution in [1.82, 2.24) is 14.8 Å². The van der Waals surface area contributed by atoms with Gasteiger partial charge in [-0.2, -0.15) is 5.10 Å². The molecule has 0 saturated heterocycles. The van der Waals surface area contributed by atoms with Crippen LogP contribution in [0.3, 0.4) is 0 Å². The number of ketones is 1. The molecule has 0 amide bonds. The summed E-state index contributed by atoms with van der Waals surface area (Å²) in [6.45, 7) is 2.06. The molecule has 20 heavy (non-hydrogen) atoms. The van der Waals surface area contributed by atoms with Crippen molar-refractivity contribution < 1.29 is 4.79 Å². The number of hydrogen-bond acceptors (Lipinski definition) is 4. The van der Waals surface area contributed by atoms with Gasteiger partial charge in [-0.1, -0.05) is 6.92 Å². The number of rotatable bonds is 4. The fourth-order valence-electron chi connectivity index (χ4n) is 2.18. The van der Waals surface area contributed by atoms with Crippen LogP contribution in [-0.2, 0) is 19.9 Å². The molecule has 3 heterocycles. The van der Waals surface area contributed by atoms with Gasteiger partial charge in [0.1, 0.15) is 0 Å². The van der Waals surface area contributed by atoms with Gasteiger partial charge in [0, 0.05) is 24.5 Å². The van der Waals surface area contributed by atoms with Gasteiger partial charge in [-0.05, 0) is 30.0 Å². The van der Waals surface area contributed by atoms with Crippen LogP contribution in [0.25, 0.3) is 10.2 Å². The number of carbonyl (C=O) groups excluding carboxylic acids is 1. The van der Waals surface area contributed by atoms with Gasteiger partial charge in [0.15, 0.2) is 5.78 Å². The minimum Gasteiger partial charge on any atom is -0.294 e. The van der Waals surface area contributed by atoms with Crippen LogP contribution in [0.5, 0.6) is 0 Å². The third kappa shape index (κ3) is 2.36. The van der Waals surface area contributed by atoms with E-state index in [-0.39, 0.29) is 5.78 Å². The maximum atomic E-state index is 12.4. The van der Waals surface area contributed by atoms with Crippen molar-refractivity contribution in [2.24, 2.45) is 7.05 Å². The van der Waals surface area contributed by atoms with Crippen LogP contribution in [0.4, 0.5) is 0 Å². The fraction of sp³-hybridized carbons (Fsp3) is 0.267. The van der Waals surface area contributed by atoms with Gasteiger partial charge < -0.3 is 0 Å². The maximum absolute atomic E-state index is 12.4. The van der Waals surface area contributed by atoms with Crippen molar-refractivity contribution in [2.75, 3.05) is 0 Å². The Hall–Kier alpha value is -2.01. The second kappa shape index (κ2) is 5.17. The van der Waals surface area contributed by atoms with E-state index in [1.807, 2.05) is 30.6 Å². The first kappa shape index (κ1) is 13.0. The highest BCUT2D eigenvalue weighted by Crippen LogP contribution is 2.20. The topological polar surface area (TPSA) is 47.8 Å². The van der Waals surface area contributed by atoms with Gasteiger partial charge in [-0.25, -0.2) is 0 Å². The number of fused-ring (bicyclic) bond motifs is 1. The van der Waals surface area contributed by atoms with E-state index < -0.39 is 0 Å². The summed E-state index contributed by atoms with van der Waals surface area (Å²) in [4.78, 5) is 16.7. The number of aryl methyl sites for hydroxylation is 2. The molecule has 0 radical (unpaired) electrons. The highest BCUT2D eigenvalue weighted by atomic mass is 32.1. The molecule has 0 atom stereocenters. The summed E-state index contributed by atoms with van der Waals surface area (Å²) in [5, 5.41) is 6.36. The summed E-state index contributed by atoms with van der Waals surface area (Å²) in [5.74, 6) is 0.0819. The second-order valence-electron chi connectivity index (χ2n) is 4.73. The molecule has 0 aliphatic rings. The Morgan fingerprint density at radius 3 is 3.00 bits per heavy atom. The zero-order valence-electron chi connectivity index (χ0n) is 11.5. The summed E-state index contributed by atoms with van der Waals surface area (Å²) in [6, 6.07) is 5.88. The molecule has 3 aromatic rings. The molecule has 0 N–H and O–H groups in total. The standard InChI is InChI=1S/C15H15N3OS/c1-3-11-7-12(18(2)17-11)8-14(19)10-6-15-13(16-9-10)4-5-20-15/h4-7,9H,3,8H2,1-2H3. The van der Waals surface area contributed by atoms with Crippen molar-refractivity contribution >= 4 is 27.3 Å². The number of pyridine rings is 1. The van der Waals surface area contributed by atoms with E-state index in [1.165, 1.54) is 0 Å². The number of carbonyl (C=O) groups is 1. The summed E-state index contributed by atoms with van der Waals surface area (Å²) in [6.07, 6.45) is 2.90. The highest BCUT2D eigenvalue weighted by Gasteiger charge is 2.12. The SMILES string of the molecule is CCc1cc(CC(=O)c2cnc3ccsc3c2)n(C)n1. The lowest BCUT2D eigenvalue weighted by atomic mass is 10.1. The van der Waals surface area contributed by atoms with E-state index >= 15 is 0 Å². The predicted octanol–water partition coefficient (Wildman–Crippen LogP) is 3.02. The van der Waals surface area contributed by atoms with Crippen LogP contribution in [0.15, 0.2) is 29.8 Å². The van der Waals surface area contributed by atoms with E-state index in [1.54, 1.807) is 22.2 Å². The summed E-state index contributed by atoms with van der Waals surface area (Å²) >= 11 is 1.60. The lowest BCUT2D eigenvalue weighted by Crippen LogP contribution is -2.08. The molecular weight excluding hydrogens is 270 g/mol. The minimum atomic E-state index is 0.0819. The smallest absolute Gasteiger partial charge is 0.170 e. The van der Waals surface area contributed by atoms with E-state index in [4.69, 9.17) is 0 Å². The number of thiophene rings is 1. The summed E-state index contributed by atoms with van der Waals surface area (Å²) < 4.78 is 2.84. The molecule has 0 fully saturated rings. The first-order valence-corrected chi connectivity index (χ1v) is 7.43. The summed E-state index contributed by atoms with van der Waals surface area (Å²) in [5.41, 5.74) is 3.57. The van der Waals surface area contributed by atoms with Crippen molar-refractivity contribution in [3.05, 3.63) is 46.7 Å². The van der Waals surface area contributed by atoms with Gasteiger partial charge in [-0.3, -0.25) is 14.5 Å². The average molecular weight is 285 g/mol. The van der Waals surface area contributed by atoms with E-state index in [0.717, 1.165) is 28.0 Å². The molecule has 0 aliphatic carbocycles. The Morgan fingerprint density at radius 1 is 1.40 bits per heavy atom. The van der Waals surface area contributed by atoms with E-state index in [0.29, 0.717) is 12.0 Å². The maximum Gasteiger partial charge on any atom is 0.170 e. The molecule has 0 bridgehead atoms. The minimum absolute atomic E-state index is 0.0819. The monoisotopic (exact) mass is 285 g/mol. The van der Waals surface area contributed by atoms with Gasteiger partial charge in [0.2, 0.25) is 0 Å². The molecule has 3 aromatic heterocycles. The van der Waals surface area contributed by atoms with Crippen molar-refractivity contribution in [3.63, 3.8) is 0 Å². The molecule has 5 heteroatoms. The number of nitrogens with zero attached hydrogens (tertiary/aromatic N) is 3. The zero-order chi connectivity index (χ0) is 14.1. The lowest BCUT2D eigenvalue weighted by molar-refractivity contribution is 0.0990. The molecule has 0 aromatic carbocycles. The Morgan fingerprint density at radius 2 is 2.25 bits per heavy atom. The molecule has 0 spiro atoms. The van der Waals surface area contributed by atoms with Crippen molar-refractivity contribution in [3.8, 4) is 0 Å². The first-order valence-electron chi connectivity index (χ1n) is 6.55. The largest absolute Gasteiger partial charge is 0.294 e. The Labute approximate surface area is 121 Å². The molecular formula is C15H15N3OS. The molecule has 102 valence electrons.